The van der Waals surface area contributed by atoms with Crippen LogP contribution in [-0.2, 0) is 4.79 Å². The molecule has 0 radical (unpaired) electrons. The van der Waals surface area contributed by atoms with E-state index < -0.39 is 0 Å². The summed E-state index contributed by atoms with van der Waals surface area (Å²) in [6.45, 7) is 3.84. The third-order valence-corrected chi connectivity index (χ3v) is 5.95. The molecule has 1 saturated heterocycles. The van der Waals surface area contributed by atoms with Crippen molar-refractivity contribution in [1.29, 1.82) is 0 Å². The molecule has 1 aliphatic heterocycles. The van der Waals surface area contributed by atoms with E-state index in [9.17, 15) is 4.79 Å². The topological polar surface area (TPSA) is 71.6 Å². The number of hydrogen-bond acceptors (Lipinski definition) is 4. The molecule has 27 heavy (non-hydrogen) atoms. The monoisotopic (exact) mass is 364 g/mol. The molecule has 2 aromatic rings. The van der Waals surface area contributed by atoms with Gasteiger partial charge in [-0.15, -0.1) is 0 Å². The van der Waals surface area contributed by atoms with E-state index in [1.54, 1.807) is 7.05 Å². The van der Waals surface area contributed by atoms with Crippen LogP contribution >= 0.6 is 0 Å². The molecule has 1 amide bonds. The van der Waals surface area contributed by atoms with Gasteiger partial charge in [0.15, 0.2) is 0 Å². The quantitative estimate of drug-likeness (QED) is 0.847. The molecule has 1 aromatic carbocycles. The molecular weight excluding hydrogens is 336 g/mol. The van der Waals surface area contributed by atoms with Crippen LogP contribution in [0.15, 0.2) is 35.5 Å². The van der Waals surface area contributed by atoms with Crippen molar-refractivity contribution in [3.63, 3.8) is 0 Å². The largest absolute Gasteiger partial charge is 0.342 e. The van der Waals surface area contributed by atoms with Gasteiger partial charge in [0.25, 0.3) is 0 Å². The first kappa shape index (κ1) is 18.1. The first-order chi connectivity index (χ1) is 13.0. The fraction of sp³-hybridized carbons (Fsp3) is 0.500. The Bertz CT molecular complexity index is 887. The predicted molar refractivity (Wildman–Crippen MR) is 109 cm³/mol. The molecule has 2 N–H and O–H groups in total. The number of hydrogen-bond donors (Lipinski definition) is 1. The van der Waals surface area contributed by atoms with Crippen molar-refractivity contribution in [3.8, 4) is 0 Å². The van der Waals surface area contributed by atoms with E-state index in [4.69, 9.17) is 5.73 Å². The lowest BCUT2D eigenvalue weighted by Gasteiger charge is -2.37. The Morgan fingerprint density at radius 2 is 2.19 bits per heavy atom. The van der Waals surface area contributed by atoms with Crippen LogP contribution in [0.5, 0.6) is 0 Å². The van der Waals surface area contributed by atoms with Gasteiger partial charge in [0, 0.05) is 61.4 Å². The number of nitrogens with two attached hydrogens (primary N) is 1. The summed E-state index contributed by atoms with van der Waals surface area (Å²) < 4.78 is 0. The smallest absolute Gasteiger partial charge is 0.224 e. The average molecular weight is 364 g/mol. The first-order valence-corrected chi connectivity index (χ1v) is 9.85. The van der Waals surface area contributed by atoms with Gasteiger partial charge in [-0.2, -0.15) is 0 Å². The summed E-state index contributed by atoms with van der Waals surface area (Å²) in [5.74, 6) is 1.01. The Balaban J connectivity index is 1.64. The fourth-order valence-corrected chi connectivity index (χ4v) is 4.35. The number of aliphatic imine (C=N–C) groups is 1. The number of nitrogens with zero attached hydrogens (tertiary/aromatic N) is 3. The Kier molecular flexibility index (Phi) is 4.72. The predicted octanol–water partition coefficient (Wildman–Crippen LogP) is 3.12. The molecule has 4 rings (SSSR count). The van der Waals surface area contributed by atoms with E-state index in [1.165, 1.54) is 10.9 Å². The van der Waals surface area contributed by atoms with Gasteiger partial charge in [-0.25, -0.2) is 0 Å². The van der Waals surface area contributed by atoms with Gasteiger partial charge in [0.05, 0.1) is 5.52 Å². The molecule has 1 aromatic heterocycles. The van der Waals surface area contributed by atoms with E-state index in [-0.39, 0.29) is 11.4 Å². The number of fused-ring (bicyclic) bond motifs is 1. The summed E-state index contributed by atoms with van der Waals surface area (Å²) in [6, 6.07) is 8.41. The molecular formula is C22H28N4O. The van der Waals surface area contributed by atoms with E-state index in [2.05, 4.69) is 35.1 Å². The van der Waals surface area contributed by atoms with Gasteiger partial charge in [-0.1, -0.05) is 25.1 Å². The normalized spacial score (nSPS) is 24.5. The third-order valence-electron chi connectivity index (χ3n) is 5.95. The number of pyridine rings is 1. The lowest BCUT2D eigenvalue weighted by molar-refractivity contribution is -0.133. The van der Waals surface area contributed by atoms with Crippen LogP contribution in [0.1, 0.15) is 49.7 Å². The van der Waals surface area contributed by atoms with Gasteiger partial charge < -0.3 is 10.6 Å². The van der Waals surface area contributed by atoms with Gasteiger partial charge in [0.2, 0.25) is 5.91 Å². The second-order valence-corrected chi connectivity index (χ2v) is 8.41. The van der Waals surface area contributed by atoms with Gasteiger partial charge >= 0.3 is 0 Å². The standard InChI is InChI=1S/C22H28N4O/c1-15-10-17(14-26(13-15)20(27)11-22(23)7-8-22)18-6-5-16(12-24-2)21-19(18)4-3-9-25-21/h3-6,9,12,15,17H,7-8,10-11,13-14,23H2,1-2H3/b24-12+/t15-,17+/m1/s1. The average Bonchev–Trinajstić information content (AvgIpc) is 3.38. The Morgan fingerprint density at radius 3 is 2.93 bits per heavy atom. The maximum Gasteiger partial charge on any atom is 0.224 e. The fourth-order valence-electron chi connectivity index (χ4n) is 4.35. The van der Waals surface area contributed by atoms with Crippen LogP contribution in [0, 0.1) is 5.92 Å². The van der Waals surface area contributed by atoms with Crippen molar-refractivity contribution in [2.75, 3.05) is 20.1 Å². The van der Waals surface area contributed by atoms with Crippen molar-refractivity contribution in [3.05, 3.63) is 41.6 Å². The number of amides is 1. The van der Waals surface area contributed by atoms with Crippen molar-refractivity contribution in [2.45, 2.75) is 44.1 Å². The number of benzene rings is 1. The van der Waals surface area contributed by atoms with E-state index in [1.807, 2.05) is 23.4 Å². The molecule has 5 nitrogen and oxygen atoms in total. The van der Waals surface area contributed by atoms with Crippen molar-refractivity contribution in [2.24, 2.45) is 16.6 Å². The number of aromatic nitrogens is 1. The SMILES string of the molecule is C/N=C/c1ccc([C@H]2C[C@@H](C)CN(C(=O)CC3(N)CC3)C2)c2cccnc12. The lowest BCUT2D eigenvalue weighted by Crippen LogP contribution is -2.44. The van der Waals surface area contributed by atoms with Crippen molar-refractivity contribution >= 4 is 23.0 Å². The minimum atomic E-state index is -0.231. The van der Waals surface area contributed by atoms with Crippen LogP contribution in [-0.4, -0.2) is 47.7 Å². The van der Waals surface area contributed by atoms with Crippen LogP contribution in [0.2, 0.25) is 0 Å². The zero-order valence-corrected chi connectivity index (χ0v) is 16.2. The summed E-state index contributed by atoms with van der Waals surface area (Å²) in [6.07, 6.45) is 7.21. The summed E-state index contributed by atoms with van der Waals surface area (Å²) in [4.78, 5) is 23.6. The molecule has 2 aliphatic rings. The number of carbonyl (C=O) groups excluding carboxylic acids is 1. The Morgan fingerprint density at radius 1 is 1.37 bits per heavy atom. The second-order valence-electron chi connectivity index (χ2n) is 8.41. The molecule has 0 spiro atoms. The van der Waals surface area contributed by atoms with E-state index in [0.717, 1.165) is 43.4 Å². The van der Waals surface area contributed by atoms with E-state index >= 15 is 0 Å². The number of rotatable bonds is 4. The highest BCUT2D eigenvalue weighted by atomic mass is 16.2. The highest BCUT2D eigenvalue weighted by molar-refractivity contribution is 5.99. The maximum atomic E-state index is 12.8. The number of carbonyl (C=O) groups is 1. The molecule has 1 aliphatic carbocycles. The van der Waals surface area contributed by atoms with E-state index in [0.29, 0.717) is 18.3 Å². The molecule has 0 unspecified atom stereocenters. The lowest BCUT2D eigenvalue weighted by atomic mass is 9.83. The van der Waals surface area contributed by atoms with Crippen LogP contribution in [0.4, 0.5) is 0 Å². The van der Waals surface area contributed by atoms with Crippen molar-refractivity contribution < 1.29 is 4.79 Å². The maximum absolute atomic E-state index is 12.8. The van der Waals surface area contributed by atoms with Gasteiger partial charge in [-0.3, -0.25) is 14.8 Å². The summed E-state index contributed by atoms with van der Waals surface area (Å²) in [5, 5.41) is 1.17. The number of likely N-dealkylation sites (tertiary alicyclic amines) is 1. The van der Waals surface area contributed by atoms with Gasteiger partial charge in [-0.05, 0) is 36.8 Å². The van der Waals surface area contributed by atoms with Gasteiger partial charge in [0.1, 0.15) is 0 Å². The zero-order chi connectivity index (χ0) is 19.0. The summed E-state index contributed by atoms with van der Waals surface area (Å²) in [5.41, 5.74) is 9.25. The van der Waals surface area contributed by atoms with Crippen LogP contribution in [0.25, 0.3) is 10.9 Å². The minimum absolute atomic E-state index is 0.212. The molecule has 2 atom stereocenters. The second kappa shape index (κ2) is 7.04. The number of piperidine rings is 1. The molecule has 142 valence electrons. The van der Waals surface area contributed by atoms with Crippen molar-refractivity contribution in [1.82, 2.24) is 9.88 Å². The Labute approximate surface area is 160 Å². The summed E-state index contributed by atoms with van der Waals surface area (Å²) in [7, 11) is 1.78. The molecule has 5 heteroatoms. The van der Waals surface area contributed by atoms with Crippen LogP contribution in [0.3, 0.4) is 0 Å². The summed E-state index contributed by atoms with van der Waals surface area (Å²) >= 11 is 0. The molecule has 2 heterocycles. The minimum Gasteiger partial charge on any atom is -0.342 e. The highest BCUT2D eigenvalue weighted by Crippen LogP contribution is 2.38. The first-order valence-electron chi connectivity index (χ1n) is 9.85. The molecule has 0 bridgehead atoms. The zero-order valence-electron chi connectivity index (χ0n) is 16.2. The molecule has 2 fully saturated rings. The Hall–Kier alpha value is -2.27. The van der Waals surface area contributed by atoms with Crippen LogP contribution < -0.4 is 5.73 Å². The highest BCUT2D eigenvalue weighted by Gasteiger charge is 2.42. The molecule has 1 saturated carbocycles. The third kappa shape index (κ3) is 3.74.